The first-order valence-corrected chi connectivity index (χ1v) is 6.16. The minimum atomic E-state index is 0.292. The highest BCUT2D eigenvalue weighted by Gasteiger charge is 2.26. The summed E-state index contributed by atoms with van der Waals surface area (Å²) >= 11 is 0. The van der Waals surface area contributed by atoms with Crippen LogP contribution in [0.25, 0.3) is 0 Å². The van der Waals surface area contributed by atoms with Gasteiger partial charge in [-0.2, -0.15) is 0 Å². The smallest absolute Gasteiger partial charge is 0.0111 e. The van der Waals surface area contributed by atoms with Gasteiger partial charge < -0.3 is 5.73 Å². The highest BCUT2D eigenvalue weighted by molar-refractivity contribution is 5.35. The zero-order valence-electron chi connectivity index (χ0n) is 10.1. The second-order valence-corrected chi connectivity index (χ2v) is 5.00. The molecule has 86 valence electrons. The van der Waals surface area contributed by atoms with Crippen LogP contribution in [0.3, 0.4) is 0 Å². The van der Waals surface area contributed by atoms with Crippen molar-refractivity contribution in [3.05, 3.63) is 47.5 Å². The Morgan fingerprint density at radius 2 is 2.25 bits per heavy atom. The summed E-state index contributed by atoms with van der Waals surface area (Å²) in [5.41, 5.74) is 10.5. The van der Waals surface area contributed by atoms with E-state index in [0.29, 0.717) is 12.0 Å². The molecule has 2 atom stereocenters. The number of nitrogens with two attached hydrogens (primary N) is 1. The number of benzene rings is 1. The summed E-state index contributed by atoms with van der Waals surface area (Å²) in [5, 5.41) is 0. The molecule has 0 aromatic heterocycles. The fraction of sp³-hybridized carbons (Fsp3) is 0.467. The third kappa shape index (κ3) is 2.35. The Morgan fingerprint density at radius 1 is 1.50 bits per heavy atom. The van der Waals surface area contributed by atoms with Crippen LogP contribution in [-0.2, 0) is 6.42 Å². The predicted octanol–water partition coefficient (Wildman–Crippen LogP) is 3.40. The number of hydrogen-bond donors (Lipinski definition) is 1. The first-order chi connectivity index (χ1) is 7.68. The minimum absolute atomic E-state index is 0.292. The average Bonchev–Trinajstić information content (AvgIpc) is 2.69. The summed E-state index contributed by atoms with van der Waals surface area (Å²) < 4.78 is 0. The van der Waals surface area contributed by atoms with Gasteiger partial charge in [0.1, 0.15) is 0 Å². The van der Waals surface area contributed by atoms with Crippen molar-refractivity contribution < 1.29 is 0 Å². The Labute approximate surface area is 98.4 Å². The van der Waals surface area contributed by atoms with E-state index in [9.17, 15) is 0 Å². The fourth-order valence-electron chi connectivity index (χ4n) is 2.65. The zero-order chi connectivity index (χ0) is 11.5. The van der Waals surface area contributed by atoms with Crippen molar-refractivity contribution in [1.82, 2.24) is 0 Å². The van der Waals surface area contributed by atoms with Crippen molar-refractivity contribution in [2.24, 2.45) is 5.73 Å². The van der Waals surface area contributed by atoms with Gasteiger partial charge in [0.25, 0.3) is 0 Å². The van der Waals surface area contributed by atoms with E-state index in [0.717, 1.165) is 12.8 Å². The molecular formula is C15H21N. The van der Waals surface area contributed by atoms with Gasteiger partial charge in [-0.3, -0.25) is 0 Å². The molecule has 0 saturated carbocycles. The van der Waals surface area contributed by atoms with Crippen molar-refractivity contribution in [1.29, 1.82) is 0 Å². The van der Waals surface area contributed by atoms with Gasteiger partial charge in [-0.15, -0.1) is 6.58 Å². The highest BCUT2D eigenvalue weighted by atomic mass is 14.7. The van der Waals surface area contributed by atoms with Crippen LogP contribution >= 0.6 is 0 Å². The van der Waals surface area contributed by atoms with Gasteiger partial charge in [-0.1, -0.05) is 29.8 Å². The van der Waals surface area contributed by atoms with Crippen LogP contribution in [0.5, 0.6) is 0 Å². The van der Waals surface area contributed by atoms with Crippen LogP contribution in [0.15, 0.2) is 36.4 Å². The van der Waals surface area contributed by atoms with Crippen molar-refractivity contribution in [3.63, 3.8) is 0 Å². The number of allylic oxidation sites excluding steroid dienone is 1. The van der Waals surface area contributed by atoms with E-state index < -0.39 is 0 Å². The number of fused-ring (bicyclic) bond motifs is 1. The van der Waals surface area contributed by atoms with Crippen LogP contribution in [-0.4, -0.2) is 6.04 Å². The molecule has 0 amide bonds. The van der Waals surface area contributed by atoms with E-state index in [1.54, 1.807) is 0 Å². The summed E-state index contributed by atoms with van der Waals surface area (Å²) in [6.07, 6.45) is 4.53. The van der Waals surface area contributed by atoms with Gasteiger partial charge in [0, 0.05) is 6.04 Å². The molecule has 1 aromatic carbocycles. The van der Waals surface area contributed by atoms with Crippen LogP contribution in [0.1, 0.15) is 43.2 Å². The van der Waals surface area contributed by atoms with E-state index >= 15 is 0 Å². The summed E-state index contributed by atoms with van der Waals surface area (Å²) in [6, 6.07) is 9.03. The van der Waals surface area contributed by atoms with Gasteiger partial charge in [0.15, 0.2) is 0 Å². The lowest BCUT2D eigenvalue weighted by Gasteiger charge is -2.20. The molecule has 1 aliphatic carbocycles. The number of aryl methyl sites for hydroxylation is 1. The first kappa shape index (κ1) is 11.4. The molecule has 0 radical (unpaired) electrons. The molecule has 0 aliphatic heterocycles. The third-order valence-corrected chi connectivity index (χ3v) is 3.60. The van der Waals surface area contributed by atoms with Gasteiger partial charge in [-0.25, -0.2) is 0 Å². The van der Waals surface area contributed by atoms with E-state index in [4.69, 9.17) is 5.73 Å². The second kappa shape index (κ2) is 4.84. The lowest BCUT2D eigenvalue weighted by atomic mass is 9.90. The molecule has 1 nitrogen and oxygen atoms in total. The fourth-order valence-corrected chi connectivity index (χ4v) is 2.65. The van der Waals surface area contributed by atoms with Crippen molar-refractivity contribution in [2.75, 3.05) is 0 Å². The van der Waals surface area contributed by atoms with Crippen LogP contribution in [0.2, 0.25) is 0 Å². The lowest BCUT2D eigenvalue weighted by molar-refractivity contribution is 0.496. The number of rotatable bonds is 4. The van der Waals surface area contributed by atoms with Crippen molar-refractivity contribution >= 4 is 0 Å². The minimum Gasteiger partial charge on any atom is -0.327 e. The highest BCUT2D eigenvalue weighted by Crippen LogP contribution is 2.35. The Morgan fingerprint density at radius 3 is 3.00 bits per heavy atom. The normalized spacial score (nSPS) is 20.5. The zero-order valence-corrected chi connectivity index (χ0v) is 10.1. The van der Waals surface area contributed by atoms with Gasteiger partial charge >= 0.3 is 0 Å². The maximum absolute atomic E-state index is 6.30. The molecule has 0 spiro atoms. The van der Waals surface area contributed by atoms with E-state index in [-0.39, 0.29) is 0 Å². The summed E-state index contributed by atoms with van der Waals surface area (Å²) in [7, 11) is 0. The Balaban J connectivity index is 2.04. The molecule has 1 aromatic rings. The Bertz CT molecular complexity index is 381. The Kier molecular flexibility index (Phi) is 3.45. The summed E-state index contributed by atoms with van der Waals surface area (Å²) in [4.78, 5) is 0. The van der Waals surface area contributed by atoms with Crippen molar-refractivity contribution in [3.8, 4) is 0 Å². The largest absolute Gasteiger partial charge is 0.327 e. The van der Waals surface area contributed by atoms with E-state index in [1.807, 2.05) is 0 Å². The average molecular weight is 215 g/mol. The van der Waals surface area contributed by atoms with Crippen LogP contribution < -0.4 is 5.73 Å². The number of hydrogen-bond acceptors (Lipinski definition) is 1. The molecule has 0 saturated heterocycles. The van der Waals surface area contributed by atoms with Gasteiger partial charge in [0.05, 0.1) is 0 Å². The SMILES string of the molecule is C=C(C)CCC(N)C1CCc2ccccc21. The van der Waals surface area contributed by atoms with Gasteiger partial charge in [-0.05, 0) is 49.7 Å². The molecule has 1 aliphatic rings. The van der Waals surface area contributed by atoms with Crippen molar-refractivity contribution in [2.45, 2.75) is 44.6 Å². The van der Waals surface area contributed by atoms with Crippen LogP contribution in [0.4, 0.5) is 0 Å². The lowest BCUT2D eigenvalue weighted by Crippen LogP contribution is -2.27. The van der Waals surface area contributed by atoms with Crippen LogP contribution in [0, 0.1) is 0 Å². The predicted molar refractivity (Wildman–Crippen MR) is 69.5 cm³/mol. The third-order valence-electron chi connectivity index (χ3n) is 3.60. The molecule has 16 heavy (non-hydrogen) atoms. The van der Waals surface area contributed by atoms with Gasteiger partial charge in [0.2, 0.25) is 0 Å². The molecule has 2 N–H and O–H groups in total. The molecular weight excluding hydrogens is 194 g/mol. The molecule has 2 rings (SSSR count). The second-order valence-electron chi connectivity index (χ2n) is 5.00. The summed E-state index contributed by atoms with van der Waals surface area (Å²) in [6.45, 7) is 6.02. The van der Waals surface area contributed by atoms with E-state index in [2.05, 4.69) is 37.8 Å². The quantitative estimate of drug-likeness (QED) is 0.765. The first-order valence-electron chi connectivity index (χ1n) is 6.16. The molecule has 0 bridgehead atoms. The Hall–Kier alpha value is -1.08. The molecule has 1 heteroatoms. The standard InChI is InChI=1S/C15H21N/c1-11(2)7-10-15(16)14-9-8-12-5-3-4-6-13(12)14/h3-6,14-15H,1,7-10,16H2,2H3. The molecule has 0 fully saturated rings. The maximum atomic E-state index is 6.30. The molecule has 2 unspecified atom stereocenters. The topological polar surface area (TPSA) is 26.0 Å². The maximum Gasteiger partial charge on any atom is 0.0111 e. The van der Waals surface area contributed by atoms with E-state index in [1.165, 1.54) is 29.5 Å². The monoisotopic (exact) mass is 215 g/mol. The summed E-state index contributed by atoms with van der Waals surface area (Å²) in [5.74, 6) is 0.565. The molecule has 0 heterocycles.